The Labute approximate surface area is 130 Å². The summed E-state index contributed by atoms with van der Waals surface area (Å²) < 4.78 is 74.8. The fourth-order valence-corrected chi connectivity index (χ4v) is 1.80. The Morgan fingerprint density at radius 3 is 2.17 bits per heavy atom. The van der Waals surface area contributed by atoms with Gasteiger partial charge in [0.1, 0.15) is 0 Å². The summed E-state index contributed by atoms with van der Waals surface area (Å²) in [6, 6.07) is 6.16. The monoisotopic (exact) mass is 354 g/mol. The number of nitrogens with two attached hydrogens (primary N) is 1. The molecule has 24 heavy (non-hydrogen) atoms. The van der Waals surface area contributed by atoms with Gasteiger partial charge >= 0.3 is 18.3 Å². The highest BCUT2D eigenvalue weighted by Crippen LogP contribution is 2.31. The van der Waals surface area contributed by atoms with E-state index in [-0.39, 0.29) is 11.4 Å². The summed E-state index contributed by atoms with van der Waals surface area (Å²) in [6.07, 6.45) is -9.70. The number of aryl methyl sites for hydroxylation is 1. The Hall–Kier alpha value is -2.56. The smallest absolute Gasteiger partial charge is 0.267 e. The van der Waals surface area contributed by atoms with E-state index in [4.69, 9.17) is 0 Å². The van der Waals surface area contributed by atoms with Crippen LogP contribution < -0.4 is 5.48 Å². The van der Waals surface area contributed by atoms with Gasteiger partial charge < -0.3 is 0 Å². The Bertz CT molecular complexity index is 734. The van der Waals surface area contributed by atoms with Crippen molar-refractivity contribution in [2.45, 2.75) is 12.4 Å². The van der Waals surface area contributed by atoms with Crippen LogP contribution in [0.5, 0.6) is 0 Å². The molecule has 2 rings (SSSR count). The van der Waals surface area contributed by atoms with Gasteiger partial charge in [0.05, 0.1) is 5.69 Å². The third-order valence-electron chi connectivity index (χ3n) is 2.91. The maximum absolute atomic E-state index is 12.6. The molecular formula is C13H10F6N3O2+. The number of halogens is 6. The van der Waals surface area contributed by atoms with Gasteiger partial charge in [-0.1, -0.05) is 0 Å². The second-order valence-corrected chi connectivity index (χ2v) is 4.68. The van der Waals surface area contributed by atoms with Gasteiger partial charge in [-0.2, -0.15) is 31.4 Å². The molecule has 2 N–H and O–H groups in total. The quantitative estimate of drug-likeness (QED) is 0.523. The van der Waals surface area contributed by atoms with Gasteiger partial charge in [0, 0.05) is 24.7 Å². The molecule has 0 radical (unpaired) electrons. The van der Waals surface area contributed by atoms with Gasteiger partial charge in [0.15, 0.2) is 11.4 Å². The van der Waals surface area contributed by atoms with Gasteiger partial charge in [0.2, 0.25) is 0 Å². The van der Waals surface area contributed by atoms with Crippen LogP contribution in [0.3, 0.4) is 0 Å². The molecule has 5 nitrogen and oxygen atoms in total. The Morgan fingerprint density at radius 1 is 1.12 bits per heavy atom. The molecule has 0 spiro atoms. The molecule has 0 unspecified atom stereocenters. The maximum Gasteiger partial charge on any atom is 0.497 e. The molecule has 0 atom stereocenters. The second kappa shape index (κ2) is 6.15. The molecule has 0 amide bonds. The van der Waals surface area contributed by atoms with Crippen molar-refractivity contribution in [3.8, 4) is 11.3 Å². The summed E-state index contributed by atoms with van der Waals surface area (Å²) in [5, 5.41) is 3.36. The van der Waals surface area contributed by atoms with Crippen molar-refractivity contribution in [1.29, 1.82) is 0 Å². The Kier molecular flexibility index (Phi) is 4.56. The van der Waals surface area contributed by atoms with Crippen molar-refractivity contribution in [1.82, 2.24) is 9.78 Å². The summed E-state index contributed by atoms with van der Waals surface area (Å²) in [5.74, 6) is -2.37. The zero-order valence-electron chi connectivity index (χ0n) is 11.9. The van der Waals surface area contributed by atoms with E-state index in [0.717, 1.165) is 10.7 Å². The normalized spacial score (nSPS) is 12.3. The number of alkyl halides is 6. The number of hydrogen-bond acceptors (Lipinski definition) is 3. The van der Waals surface area contributed by atoms with Crippen molar-refractivity contribution in [3.05, 3.63) is 36.0 Å². The maximum atomic E-state index is 12.6. The molecule has 0 aliphatic rings. The van der Waals surface area contributed by atoms with Gasteiger partial charge in [-0.3, -0.25) is 9.52 Å². The molecule has 11 heteroatoms. The minimum atomic E-state index is -5.11. The number of hydrogen-bond donors (Lipinski definition) is 1. The van der Waals surface area contributed by atoms with E-state index < -0.39 is 24.0 Å². The number of carbonyl (C=O) groups is 1. The third-order valence-corrected chi connectivity index (χ3v) is 2.91. The molecule has 1 aromatic carbocycles. The van der Waals surface area contributed by atoms with Crippen molar-refractivity contribution in [3.63, 3.8) is 0 Å². The zero-order valence-corrected chi connectivity index (χ0v) is 11.9. The van der Waals surface area contributed by atoms with Gasteiger partial charge in [0.25, 0.3) is 0 Å². The average Bonchev–Trinajstić information content (AvgIpc) is 2.86. The van der Waals surface area contributed by atoms with E-state index in [9.17, 15) is 31.1 Å². The first kappa shape index (κ1) is 17.8. The number of aromatic nitrogens is 2. The predicted octanol–water partition coefficient (Wildman–Crippen LogP) is 2.32. The number of benzene rings is 1. The lowest BCUT2D eigenvalue weighted by atomic mass is 10.1. The second-order valence-electron chi connectivity index (χ2n) is 4.68. The summed E-state index contributed by atoms with van der Waals surface area (Å²) in [4.78, 5) is 14.5. The molecule has 0 aliphatic heterocycles. The van der Waals surface area contributed by atoms with Crippen LogP contribution in [0.4, 0.5) is 32.0 Å². The molecule has 0 saturated heterocycles. The van der Waals surface area contributed by atoms with Crippen LogP contribution in [0.25, 0.3) is 11.3 Å². The highest BCUT2D eigenvalue weighted by atomic mass is 19.4. The molecule has 2 aromatic rings. The minimum absolute atomic E-state index is 0.134. The topological polar surface area (TPSA) is 60.7 Å². The minimum Gasteiger partial charge on any atom is -0.267 e. The average molecular weight is 354 g/mol. The first-order chi connectivity index (χ1) is 11.0. The van der Waals surface area contributed by atoms with Crippen molar-refractivity contribution in [2.75, 3.05) is 0 Å². The predicted molar refractivity (Wildman–Crippen MR) is 67.4 cm³/mol. The van der Waals surface area contributed by atoms with Crippen LogP contribution in [0, 0.1) is 0 Å². The van der Waals surface area contributed by atoms with Crippen molar-refractivity contribution >= 4 is 11.7 Å². The van der Waals surface area contributed by atoms with Crippen LogP contribution in [0.1, 0.15) is 5.69 Å². The first-order valence-electron chi connectivity index (χ1n) is 6.31. The van der Waals surface area contributed by atoms with Crippen LogP contribution in [-0.4, -0.2) is 21.9 Å². The van der Waals surface area contributed by atoms with E-state index in [2.05, 4.69) is 9.94 Å². The van der Waals surface area contributed by atoms with Crippen LogP contribution in [-0.2, 0) is 22.9 Å². The van der Waals surface area contributed by atoms with Gasteiger partial charge in [-0.05, 0) is 18.2 Å². The summed E-state index contributed by atoms with van der Waals surface area (Å²) >= 11 is 0. The van der Waals surface area contributed by atoms with Crippen LogP contribution in [0.2, 0.25) is 0 Å². The van der Waals surface area contributed by atoms with Crippen molar-refractivity contribution in [2.24, 2.45) is 7.05 Å². The van der Waals surface area contributed by atoms with Crippen LogP contribution >= 0.6 is 0 Å². The molecule has 1 heterocycles. The number of nitrogens with zero attached hydrogens (tertiary/aromatic N) is 2. The lowest BCUT2D eigenvalue weighted by Crippen LogP contribution is -2.78. The van der Waals surface area contributed by atoms with E-state index in [0.29, 0.717) is 11.0 Å². The van der Waals surface area contributed by atoms with Gasteiger partial charge in [-0.15, -0.1) is 5.48 Å². The molecule has 1 aromatic heterocycles. The SMILES string of the molecule is Cn1nc(C(F)(F)F)cc1-c1ccc([NH2+]OC(=O)C(F)(F)F)cc1. The highest BCUT2D eigenvalue weighted by molar-refractivity contribution is 5.74. The molecule has 0 bridgehead atoms. The van der Waals surface area contributed by atoms with E-state index in [1.807, 2.05) is 0 Å². The number of rotatable bonds is 3. The molecular weight excluding hydrogens is 344 g/mol. The zero-order chi connectivity index (χ0) is 18.1. The summed E-state index contributed by atoms with van der Waals surface area (Å²) in [6.45, 7) is 0. The first-order valence-corrected chi connectivity index (χ1v) is 6.31. The van der Waals surface area contributed by atoms with E-state index in [1.165, 1.54) is 31.3 Å². The largest absolute Gasteiger partial charge is 0.497 e. The highest BCUT2D eigenvalue weighted by Gasteiger charge is 2.43. The molecule has 130 valence electrons. The molecule has 0 saturated carbocycles. The fourth-order valence-electron chi connectivity index (χ4n) is 1.80. The fraction of sp³-hybridized carbons (Fsp3) is 0.231. The lowest BCUT2D eigenvalue weighted by molar-refractivity contribution is -0.813. The Balaban J connectivity index is 2.13. The number of quaternary nitrogens is 1. The Morgan fingerprint density at radius 2 is 1.71 bits per heavy atom. The third kappa shape index (κ3) is 4.04. The number of carbonyl (C=O) groups excluding carboxylic acids is 1. The van der Waals surface area contributed by atoms with Gasteiger partial charge in [-0.25, -0.2) is 4.79 Å². The summed E-state index contributed by atoms with van der Waals surface area (Å²) in [5.41, 5.74) is 0.203. The lowest BCUT2D eigenvalue weighted by Gasteiger charge is -2.05. The molecule has 0 fully saturated rings. The van der Waals surface area contributed by atoms with E-state index in [1.54, 1.807) is 0 Å². The van der Waals surface area contributed by atoms with Crippen molar-refractivity contribution < 1.29 is 41.5 Å². The summed E-state index contributed by atoms with van der Waals surface area (Å²) in [7, 11) is 1.33. The molecule has 0 aliphatic carbocycles. The van der Waals surface area contributed by atoms with Crippen LogP contribution in [0.15, 0.2) is 30.3 Å². The standard InChI is InChI=1S/C13H9F6N3O2/c1-22-9(6-10(20-22)12(14,15)16)7-2-4-8(5-3-7)21-24-11(23)13(17,18)19/h2-6,21H,1H3/p+1. The van der Waals surface area contributed by atoms with E-state index >= 15 is 0 Å².